The maximum atomic E-state index is 5.03. The number of nitrogens with one attached hydrogen (secondary N) is 1. The van der Waals surface area contributed by atoms with Gasteiger partial charge in [0.1, 0.15) is 6.17 Å². The summed E-state index contributed by atoms with van der Waals surface area (Å²) in [6, 6.07) is 17.1. The van der Waals surface area contributed by atoms with Crippen LogP contribution in [0.2, 0.25) is 0 Å². The van der Waals surface area contributed by atoms with Gasteiger partial charge in [-0.25, -0.2) is 9.98 Å². The molecule has 0 spiro atoms. The third-order valence-corrected chi connectivity index (χ3v) is 6.17. The second kappa shape index (κ2) is 8.44. The van der Waals surface area contributed by atoms with Crippen LogP contribution in [0.15, 0.2) is 53.5 Å². The fourth-order valence-corrected chi connectivity index (χ4v) is 4.45. The van der Waals surface area contributed by atoms with Gasteiger partial charge >= 0.3 is 0 Å². The van der Waals surface area contributed by atoms with Gasteiger partial charge < -0.3 is 15.1 Å². The summed E-state index contributed by atoms with van der Waals surface area (Å²) in [6.45, 7) is 3.59. The van der Waals surface area contributed by atoms with E-state index in [0.29, 0.717) is 6.67 Å². The van der Waals surface area contributed by atoms with E-state index in [2.05, 4.69) is 106 Å². The van der Waals surface area contributed by atoms with E-state index >= 15 is 0 Å². The van der Waals surface area contributed by atoms with Crippen LogP contribution in [0.1, 0.15) is 18.2 Å². The SMILES string of the molecule is CN(C)CCCN1CN=C2N[C@@H](c3ccc(N(C)C)cc3)n3c(nc4ccccc43)N2C1. The molecule has 5 rings (SSSR count). The zero-order chi connectivity index (χ0) is 22.2. The molecule has 0 saturated carbocycles. The van der Waals surface area contributed by atoms with Crippen LogP contribution in [0, 0.1) is 0 Å². The molecule has 8 nitrogen and oxygen atoms in total. The molecule has 8 heteroatoms. The molecule has 32 heavy (non-hydrogen) atoms. The number of guanidine groups is 1. The molecule has 0 saturated heterocycles. The summed E-state index contributed by atoms with van der Waals surface area (Å²) >= 11 is 0. The average Bonchev–Trinajstić information content (AvgIpc) is 3.18. The standard InChI is InChI=1S/C24H32N8/c1-28(2)14-7-15-30-16-25-23-27-22(18-10-12-19(13-11-18)29(3)4)32-21-9-6-5-8-20(21)26-24(32)31(23)17-30/h5-6,8-13,22H,7,14-17H2,1-4H3,(H,25,27)/t22-/m1/s1. The van der Waals surface area contributed by atoms with Crippen molar-refractivity contribution in [3.8, 4) is 0 Å². The van der Waals surface area contributed by atoms with Crippen LogP contribution >= 0.6 is 0 Å². The van der Waals surface area contributed by atoms with Crippen molar-refractivity contribution < 1.29 is 0 Å². The zero-order valence-electron chi connectivity index (χ0n) is 19.4. The third kappa shape index (κ3) is 3.80. The Kier molecular flexibility index (Phi) is 5.48. The number of hydrogen-bond acceptors (Lipinski definition) is 7. The predicted molar refractivity (Wildman–Crippen MR) is 131 cm³/mol. The number of hydrogen-bond donors (Lipinski definition) is 1. The number of anilines is 2. The molecule has 168 valence electrons. The van der Waals surface area contributed by atoms with Gasteiger partial charge in [-0.15, -0.1) is 0 Å². The van der Waals surface area contributed by atoms with Crippen molar-refractivity contribution in [2.75, 3.05) is 64.4 Å². The van der Waals surface area contributed by atoms with Crippen LogP contribution in [0.4, 0.5) is 11.6 Å². The fraction of sp³-hybridized carbons (Fsp3) is 0.417. The van der Waals surface area contributed by atoms with Crippen LogP contribution in [-0.2, 0) is 0 Å². The van der Waals surface area contributed by atoms with E-state index in [4.69, 9.17) is 9.98 Å². The zero-order valence-corrected chi connectivity index (χ0v) is 19.4. The molecular weight excluding hydrogens is 400 g/mol. The van der Waals surface area contributed by atoms with E-state index in [1.54, 1.807) is 0 Å². The first-order chi connectivity index (χ1) is 15.5. The molecule has 0 aliphatic carbocycles. The van der Waals surface area contributed by atoms with Gasteiger partial charge in [-0.1, -0.05) is 24.3 Å². The minimum absolute atomic E-state index is 0.0519. The molecule has 1 N–H and O–H groups in total. The molecular formula is C24H32N8. The minimum atomic E-state index is -0.0519. The first-order valence-corrected chi connectivity index (χ1v) is 11.2. The number of rotatable bonds is 6. The summed E-state index contributed by atoms with van der Waals surface area (Å²) in [5.41, 5.74) is 4.51. The summed E-state index contributed by atoms with van der Waals surface area (Å²) in [5, 5.41) is 3.70. The third-order valence-electron chi connectivity index (χ3n) is 6.17. The maximum absolute atomic E-state index is 5.03. The molecule has 0 amide bonds. The molecule has 3 aromatic rings. The summed E-state index contributed by atoms with van der Waals surface area (Å²) in [6.07, 6.45) is 1.07. The Morgan fingerprint density at radius 1 is 1.03 bits per heavy atom. The Labute approximate surface area is 189 Å². The number of imidazole rings is 1. The van der Waals surface area contributed by atoms with Gasteiger partial charge in [0.2, 0.25) is 11.9 Å². The van der Waals surface area contributed by atoms with Crippen molar-refractivity contribution in [3.05, 3.63) is 54.1 Å². The van der Waals surface area contributed by atoms with Crippen molar-refractivity contribution >= 4 is 28.6 Å². The summed E-state index contributed by atoms with van der Waals surface area (Å²) < 4.78 is 2.31. The highest BCUT2D eigenvalue weighted by atomic mass is 15.5. The number of para-hydroxylation sites is 2. The van der Waals surface area contributed by atoms with Crippen molar-refractivity contribution in [1.82, 2.24) is 24.7 Å². The van der Waals surface area contributed by atoms with Gasteiger partial charge in [0.25, 0.3) is 0 Å². The number of fused-ring (bicyclic) bond motifs is 5. The van der Waals surface area contributed by atoms with Gasteiger partial charge in [0.15, 0.2) is 0 Å². The van der Waals surface area contributed by atoms with Crippen molar-refractivity contribution in [2.24, 2.45) is 4.99 Å². The van der Waals surface area contributed by atoms with E-state index < -0.39 is 0 Å². The molecule has 1 atom stereocenters. The Morgan fingerprint density at radius 2 is 1.81 bits per heavy atom. The molecule has 0 radical (unpaired) electrons. The summed E-state index contributed by atoms with van der Waals surface area (Å²) in [7, 11) is 8.37. The van der Waals surface area contributed by atoms with Gasteiger partial charge in [0.05, 0.1) is 24.4 Å². The van der Waals surface area contributed by atoms with Crippen molar-refractivity contribution in [3.63, 3.8) is 0 Å². The van der Waals surface area contributed by atoms with Crippen molar-refractivity contribution in [2.45, 2.75) is 12.6 Å². The molecule has 0 bridgehead atoms. The number of aliphatic imine (C=N–C) groups is 1. The molecule has 2 aliphatic rings. The van der Waals surface area contributed by atoms with Crippen LogP contribution in [0.25, 0.3) is 11.0 Å². The average molecular weight is 433 g/mol. The topological polar surface area (TPSA) is 55.2 Å². The Morgan fingerprint density at radius 3 is 2.56 bits per heavy atom. The van der Waals surface area contributed by atoms with Gasteiger partial charge in [-0.3, -0.25) is 14.4 Å². The predicted octanol–water partition coefficient (Wildman–Crippen LogP) is 2.60. The molecule has 0 unspecified atom stereocenters. The monoisotopic (exact) mass is 432 g/mol. The second-order valence-corrected chi connectivity index (χ2v) is 9.05. The number of benzene rings is 2. The lowest BCUT2D eigenvalue weighted by Crippen LogP contribution is -2.57. The van der Waals surface area contributed by atoms with Crippen LogP contribution in [0.3, 0.4) is 0 Å². The number of aromatic nitrogens is 2. The molecule has 2 aromatic carbocycles. The number of nitrogens with zero attached hydrogens (tertiary/aromatic N) is 7. The second-order valence-electron chi connectivity index (χ2n) is 9.05. The lowest BCUT2D eigenvalue weighted by atomic mass is 10.1. The first-order valence-electron chi connectivity index (χ1n) is 11.2. The van der Waals surface area contributed by atoms with E-state index in [1.165, 1.54) is 11.3 Å². The Balaban J connectivity index is 1.51. The smallest absolute Gasteiger partial charge is 0.216 e. The van der Waals surface area contributed by atoms with Crippen LogP contribution in [0.5, 0.6) is 0 Å². The normalized spacial score (nSPS) is 18.3. The quantitative estimate of drug-likeness (QED) is 0.646. The highest BCUT2D eigenvalue weighted by Crippen LogP contribution is 2.34. The van der Waals surface area contributed by atoms with Crippen molar-refractivity contribution in [1.29, 1.82) is 0 Å². The lowest BCUT2D eigenvalue weighted by molar-refractivity contribution is 0.254. The maximum Gasteiger partial charge on any atom is 0.216 e. The molecule has 2 aliphatic heterocycles. The highest BCUT2D eigenvalue weighted by molar-refractivity contribution is 5.98. The minimum Gasteiger partial charge on any atom is -0.378 e. The fourth-order valence-electron chi connectivity index (χ4n) is 4.45. The summed E-state index contributed by atoms with van der Waals surface area (Å²) in [4.78, 5) is 18.9. The molecule has 1 aromatic heterocycles. The Hall–Kier alpha value is -3.10. The van der Waals surface area contributed by atoms with E-state index in [9.17, 15) is 0 Å². The molecule has 3 heterocycles. The van der Waals surface area contributed by atoms with E-state index in [1.807, 2.05) is 0 Å². The summed E-state index contributed by atoms with van der Waals surface area (Å²) in [5.74, 6) is 1.85. The lowest BCUT2D eigenvalue weighted by Gasteiger charge is -2.41. The molecule has 0 fully saturated rings. The van der Waals surface area contributed by atoms with Gasteiger partial charge in [0, 0.05) is 26.3 Å². The van der Waals surface area contributed by atoms with E-state index in [-0.39, 0.29) is 6.17 Å². The first kappa shape index (κ1) is 20.8. The van der Waals surface area contributed by atoms with Gasteiger partial charge in [-0.2, -0.15) is 0 Å². The van der Waals surface area contributed by atoms with Gasteiger partial charge in [-0.05, 0) is 56.9 Å². The van der Waals surface area contributed by atoms with E-state index in [0.717, 1.165) is 49.1 Å². The largest absolute Gasteiger partial charge is 0.378 e. The highest BCUT2D eigenvalue weighted by Gasteiger charge is 2.35. The van der Waals surface area contributed by atoms with Crippen LogP contribution in [-0.4, -0.2) is 79.9 Å². The van der Waals surface area contributed by atoms with Crippen LogP contribution < -0.4 is 15.1 Å². The Bertz CT molecular complexity index is 1110.